The molecule has 5 heteroatoms. The maximum Gasteiger partial charge on any atom is 0.242 e. The van der Waals surface area contributed by atoms with Gasteiger partial charge >= 0.3 is 0 Å². The summed E-state index contributed by atoms with van der Waals surface area (Å²) in [5.74, 6) is 0.185. The number of hydrogen-bond acceptors (Lipinski definition) is 2. The molecule has 0 unspecified atom stereocenters. The van der Waals surface area contributed by atoms with Gasteiger partial charge in [0, 0.05) is 17.6 Å². The molecule has 29 heavy (non-hydrogen) atoms. The summed E-state index contributed by atoms with van der Waals surface area (Å²) < 4.78 is 0.983. The Balaban J connectivity index is 2.21. The normalized spacial score (nSPS) is 12.0. The highest BCUT2D eigenvalue weighted by atomic mass is 79.9. The van der Waals surface area contributed by atoms with Gasteiger partial charge in [-0.05, 0) is 61.1 Å². The molecule has 0 heterocycles. The van der Waals surface area contributed by atoms with Gasteiger partial charge in [-0.3, -0.25) is 9.59 Å². The topological polar surface area (TPSA) is 49.4 Å². The maximum atomic E-state index is 13.2. The molecule has 2 aromatic rings. The second kappa shape index (κ2) is 10.6. The molecule has 0 bridgehead atoms. The van der Waals surface area contributed by atoms with Crippen molar-refractivity contribution in [3.8, 4) is 0 Å². The summed E-state index contributed by atoms with van der Waals surface area (Å²) in [6.45, 7) is 11.0. The summed E-state index contributed by atoms with van der Waals surface area (Å²) in [5, 5.41) is 2.95. The first-order chi connectivity index (χ1) is 13.7. The van der Waals surface area contributed by atoms with Gasteiger partial charge < -0.3 is 10.2 Å². The number of nitrogens with one attached hydrogen (secondary N) is 1. The summed E-state index contributed by atoms with van der Waals surface area (Å²) in [6, 6.07) is 13.4. The van der Waals surface area contributed by atoms with Crippen molar-refractivity contribution in [1.29, 1.82) is 0 Å². The zero-order chi connectivity index (χ0) is 21.6. The van der Waals surface area contributed by atoms with Gasteiger partial charge in [0.05, 0.1) is 6.42 Å². The van der Waals surface area contributed by atoms with Crippen LogP contribution in [0, 0.1) is 19.8 Å². The van der Waals surface area contributed by atoms with Crippen molar-refractivity contribution >= 4 is 27.7 Å². The van der Waals surface area contributed by atoms with Gasteiger partial charge in [-0.2, -0.15) is 0 Å². The van der Waals surface area contributed by atoms with E-state index in [0.29, 0.717) is 19.0 Å². The summed E-state index contributed by atoms with van der Waals surface area (Å²) >= 11 is 3.44. The van der Waals surface area contributed by atoms with Crippen LogP contribution in [0.4, 0.5) is 0 Å². The first kappa shape index (κ1) is 23.1. The summed E-state index contributed by atoms with van der Waals surface area (Å²) in [4.78, 5) is 27.6. The van der Waals surface area contributed by atoms with Crippen molar-refractivity contribution in [2.45, 2.75) is 53.6 Å². The Labute approximate surface area is 182 Å². The second-order valence-corrected chi connectivity index (χ2v) is 8.97. The zero-order valence-electron chi connectivity index (χ0n) is 18.0. The van der Waals surface area contributed by atoms with E-state index < -0.39 is 6.04 Å². The van der Waals surface area contributed by atoms with Crippen molar-refractivity contribution in [1.82, 2.24) is 10.2 Å². The molecule has 2 amide bonds. The summed E-state index contributed by atoms with van der Waals surface area (Å²) in [7, 11) is 0. The predicted molar refractivity (Wildman–Crippen MR) is 122 cm³/mol. The lowest BCUT2D eigenvalue weighted by Gasteiger charge is -2.29. The van der Waals surface area contributed by atoms with Crippen molar-refractivity contribution in [2.24, 2.45) is 5.92 Å². The van der Waals surface area contributed by atoms with Crippen molar-refractivity contribution < 1.29 is 9.59 Å². The molecule has 1 N–H and O–H groups in total. The van der Waals surface area contributed by atoms with Gasteiger partial charge in [0.25, 0.3) is 0 Å². The molecule has 0 aliphatic carbocycles. The molecule has 2 rings (SSSR count). The molecule has 156 valence electrons. The Morgan fingerprint density at radius 1 is 0.966 bits per heavy atom. The molecule has 0 saturated carbocycles. The number of amides is 2. The second-order valence-electron chi connectivity index (χ2n) is 8.06. The summed E-state index contributed by atoms with van der Waals surface area (Å²) in [6.07, 6.45) is 0.277. The van der Waals surface area contributed by atoms with Gasteiger partial charge in [0.2, 0.25) is 11.8 Å². The van der Waals surface area contributed by atoms with E-state index in [1.807, 2.05) is 43.3 Å². The van der Waals surface area contributed by atoms with E-state index in [4.69, 9.17) is 0 Å². The van der Waals surface area contributed by atoms with Crippen molar-refractivity contribution in [2.75, 3.05) is 6.54 Å². The number of aryl methyl sites for hydroxylation is 2. The molecule has 0 aliphatic rings. The zero-order valence-corrected chi connectivity index (χ0v) is 19.5. The number of benzene rings is 2. The average Bonchev–Trinajstić information content (AvgIpc) is 2.67. The molecule has 0 fully saturated rings. The minimum absolute atomic E-state index is 0.0524. The van der Waals surface area contributed by atoms with E-state index >= 15 is 0 Å². The molecular weight excluding hydrogens is 428 g/mol. The molecule has 0 radical (unpaired) electrons. The number of hydrogen-bond donors (Lipinski definition) is 1. The molecule has 0 spiro atoms. The van der Waals surface area contributed by atoms with E-state index in [-0.39, 0.29) is 18.2 Å². The van der Waals surface area contributed by atoms with Crippen molar-refractivity contribution in [3.63, 3.8) is 0 Å². The van der Waals surface area contributed by atoms with Crippen LogP contribution in [0.15, 0.2) is 46.9 Å². The van der Waals surface area contributed by atoms with Crippen LogP contribution in [-0.2, 0) is 22.6 Å². The van der Waals surface area contributed by atoms with Gasteiger partial charge in [0.1, 0.15) is 6.04 Å². The van der Waals surface area contributed by atoms with E-state index in [2.05, 4.69) is 48.1 Å². The maximum absolute atomic E-state index is 13.2. The Morgan fingerprint density at radius 3 is 2.17 bits per heavy atom. The largest absolute Gasteiger partial charge is 0.354 e. The summed E-state index contributed by atoms with van der Waals surface area (Å²) in [5.41, 5.74) is 4.32. The van der Waals surface area contributed by atoms with E-state index in [1.54, 1.807) is 11.8 Å². The van der Waals surface area contributed by atoms with Crippen LogP contribution in [-0.4, -0.2) is 29.3 Å². The molecule has 0 aliphatic heterocycles. The Morgan fingerprint density at radius 2 is 1.59 bits per heavy atom. The average molecular weight is 459 g/mol. The highest BCUT2D eigenvalue weighted by molar-refractivity contribution is 9.10. The highest BCUT2D eigenvalue weighted by Crippen LogP contribution is 2.17. The molecule has 0 saturated heterocycles. The Hall–Kier alpha value is -2.14. The third-order valence-electron chi connectivity index (χ3n) is 5.04. The van der Waals surface area contributed by atoms with Gasteiger partial charge in [-0.25, -0.2) is 0 Å². The SMILES string of the molecule is Cc1ccc(CC(=O)N(Cc2ccc(Br)cc2)[C@H](C)C(=O)NCC(C)C)cc1C. The van der Waals surface area contributed by atoms with Crippen LogP contribution in [0.2, 0.25) is 0 Å². The van der Waals surface area contributed by atoms with Gasteiger partial charge in [0.15, 0.2) is 0 Å². The smallest absolute Gasteiger partial charge is 0.242 e. The number of carbonyl (C=O) groups is 2. The lowest BCUT2D eigenvalue weighted by molar-refractivity contribution is -0.140. The van der Waals surface area contributed by atoms with E-state index in [1.165, 1.54) is 5.56 Å². The molecule has 1 atom stereocenters. The first-order valence-electron chi connectivity index (χ1n) is 10.0. The third-order valence-corrected chi connectivity index (χ3v) is 5.57. The quantitative estimate of drug-likeness (QED) is 0.617. The number of halogens is 1. The van der Waals surface area contributed by atoms with Gasteiger partial charge in [-0.15, -0.1) is 0 Å². The minimum Gasteiger partial charge on any atom is -0.354 e. The molecule has 4 nitrogen and oxygen atoms in total. The Kier molecular flexibility index (Phi) is 8.45. The lowest BCUT2D eigenvalue weighted by Crippen LogP contribution is -2.48. The third kappa shape index (κ3) is 7.00. The molecular formula is C24H31BrN2O2. The van der Waals surface area contributed by atoms with E-state index in [0.717, 1.165) is 21.2 Å². The fraction of sp³-hybridized carbons (Fsp3) is 0.417. The number of carbonyl (C=O) groups excluding carboxylic acids is 2. The number of rotatable bonds is 8. The van der Waals surface area contributed by atoms with Crippen LogP contribution in [0.5, 0.6) is 0 Å². The van der Waals surface area contributed by atoms with E-state index in [9.17, 15) is 9.59 Å². The standard InChI is InChI=1S/C24H31BrN2O2/c1-16(2)14-26-24(29)19(5)27(15-20-8-10-22(25)11-9-20)23(28)13-21-7-6-17(3)18(4)12-21/h6-12,16,19H,13-15H2,1-5H3,(H,26,29)/t19-/m1/s1. The predicted octanol–water partition coefficient (Wildman–Crippen LogP) is 4.80. The first-order valence-corrected chi connectivity index (χ1v) is 10.8. The highest BCUT2D eigenvalue weighted by Gasteiger charge is 2.26. The molecule has 0 aromatic heterocycles. The Bertz CT molecular complexity index is 846. The number of nitrogens with zero attached hydrogens (tertiary/aromatic N) is 1. The monoisotopic (exact) mass is 458 g/mol. The fourth-order valence-electron chi connectivity index (χ4n) is 3.01. The van der Waals surface area contributed by atoms with Gasteiger partial charge in [-0.1, -0.05) is 60.1 Å². The van der Waals surface area contributed by atoms with Crippen LogP contribution < -0.4 is 5.32 Å². The minimum atomic E-state index is -0.545. The fourth-order valence-corrected chi connectivity index (χ4v) is 3.28. The van der Waals surface area contributed by atoms with Crippen LogP contribution in [0.1, 0.15) is 43.0 Å². The van der Waals surface area contributed by atoms with Crippen LogP contribution in [0.3, 0.4) is 0 Å². The van der Waals surface area contributed by atoms with Crippen LogP contribution in [0.25, 0.3) is 0 Å². The van der Waals surface area contributed by atoms with Crippen molar-refractivity contribution in [3.05, 3.63) is 69.2 Å². The lowest BCUT2D eigenvalue weighted by atomic mass is 10.0. The van der Waals surface area contributed by atoms with Crippen LogP contribution >= 0.6 is 15.9 Å². The molecule has 2 aromatic carbocycles.